The van der Waals surface area contributed by atoms with Gasteiger partial charge in [-0.1, -0.05) is 12.1 Å². The molecule has 0 saturated carbocycles. The molecule has 0 amide bonds. The molecule has 28 heavy (non-hydrogen) atoms. The van der Waals surface area contributed by atoms with E-state index in [1.807, 2.05) is 24.3 Å². The number of benzene rings is 2. The van der Waals surface area contributed by atoms with Crippen LogP contribution in [0.1, 0.15) is 12.8 Å². The van der Waals surface area contributed by atoms with E-state index in [9.17, 15) is 8.78 Å². The molecule has 1 saturated heterocycles. The van der Waals surface area contributed by atoms with Crippen molar-refractivity contribution in [3.05, 3.63) is 66.4 Å². The molecule has 1 aliphatic heterocycles. The zero-order valence-electron chi connectivity index (χ0n) is 15.1. The lowest BCUT2D eigenvalue weighted by molar-refractivity contribution is 0.584. The summed E-state index contributed by atoms with van der Waals surface area (Å²) >= 11 is 0. The van der Waals surface area contributed by atoms with Gasteiger partial charge >= 0.3 is 0 Å². The Kier molecular flexibility index (Phi) is 4.04. The number of para-hydroxylation sites is 2. The lowest BCUT2D eigenvalue weighted by Gasteiger charge is -2.21. The van der Waals surface area contributed by atoms with Crippen LogP contribution in [-0.2, 0) is 0 Å². The number of H-pyrrole nitrogens is 1. The topological polar surface area (TPSA) is 44.8 Å². The maximum atomic E-state index is 13.9. The van der Waals surface area contributed by atoms with Crippen LogP contribution < -0.4 is 4.90 Å². The fourth-order valence-corrected chi connectivity index (χ4v) is 3.87. The van der Waals surface area contributed by atoms with Crippen LogP contribution in [-0.4, -0.2) is 28.0 Å². The number of aromatic nitrogens is 3. The zero-order valence-corrected chi connectivity index (χ0v) is 15.1. The van der Waals surface area contributed by atoms with Gasteiger partial charge in [0, 0.05) is 25.4 Å². The maximum absolute atomic E-state index is 13.9. The first-order chi connectivity index (χ1) is 13.7. The fraction of sp³-hybridized carbons (Fsp3) is 0.182. The van der Waals surface area contributed by atoms with Crippen molar-refractivity contribution in [3.63, 3.8) is 0 Å². The molecule has 2 aromatic carbocycles. The fourth-order valence-electron chi connectivity index (χ4n) is 3.87. The molecular formula is C22H18F2N4. The quantitative estimate of drug-likeness (QED) is 0.536. The monoisotopic (exact) mass is 376 g/mol. The van der Waals surface area contributed by atoms with Gasteiger partial charge in [0.1, 0.15) is 23.3 Å². The number of hydrogen-bond acceptors (Lipinski definition) is 3. The number of anilines is 1. The number of halogens is 2. The van der Waals surface area contributed by atoms with Crippen molar-refractivity contribution >= 4 is 16.9 Å². The van der Waals surface area contributed by atoms with E-state index in [1.54, 1.807) is 12.3 Å². The molecular weight excluding hydrogens is 358 g/mol. The van der Waals surface area contributed by atoms with Crippen molar-refractivity contribution in [1.29, 1.82) is 0 Å². The minimum Gasteiger partial charge on any atom is -0.356 e. The second kappa shape index (κ2) is 6.71. The van der Waals surface area contributed by atoms with E-state index in [-0.39, 0.29) is 0 Å². The molecule has 0 spiro atoms. The van der Waals surface area contributed by atoms with Crippen molar-refractivity contribution in [1.82, 2.24) is 15.0 Å². The van der Waals surface area contributed by atoms with E-state index in [0.29, 0.717) is 17.0 Å². The van der Waals surface area contributed by atoms with Crippen LogP contribution in [0.3, 0.4) is 0 Å². The zero-order chi connectivity index (χ0) is 19.1. The lowest BCUT2D eigenvalue weighted by Crippen LogP contribution is -2.20. The largest absolute Gasteiger partial charge is 0.356 e. The molecule has 1 aliphatic rings. The Labute approximate surface area is 160 Å². The van der Waals surface area contributed by atoms with E-state index in [1.165, 1.54) is 12.1 Å². The van der Waals surface area contributed by atoms with E-state index >= 15 is 0 Å². The molecule has 0 radical (unpaired) electrons. The molecule has 0 aliphatic carbocycles. The van der Waals surface area contributed by atoms with Crippen LogP contribution in [0.2, 0.25) is 0 Å². The molecule has 6 heteroatoms. The number of nitrogens with zero attached hydrogens (tertiary/aromatic N) is 3. The van der Waals surface area contributed by atoms with Crippen LogP contribution in [0, 0.1) is 11.6 Å². The summed E-state index contributed by atoms with van der Waals surface area (Å²) in [6.45, 7) is 1.81. The molecule has 1 fully saturated rings. The van der Waals surface area contributed by atoms with Gasteiger partial charge < -0.3 is 9.88 Å². The van der Waals surface area contributed by atoms with Crippen LogP contribution in [0.15, 0.2) is 54.7 Å². The van der Waals surface area contributed by atoms with Crippen LogP contribution in [0.4, 0.5) is 14.6 Å². The number of aromatic amines is 1. The Morgan fingerprint density at radius 2 is 1.68 bits per heavy atom. The maximum Gasteiger partial charge on any atom is 0.142 e. The molecule has 0 bridgehead atoms. The molecule has 0 atom stereocenters. The minimum absolute atomic E-state index is 0.468. The molecule has 5 rings (SSSR count). The number of nitrogens with one attached hydrogen (secondary N) is 1. The molecule has 2 aromatic heterocycles. The highest BCUT2D eigenvalue weighted by Gasteiger charge is 2.23. The Hall–Kier alpha value is -3.28. The van der Waals surface area contributed by atoms with Crippen LogP contribution in [0.5, 0.6) is 0 Å². The van der Waals surface area contributed by atoms with Crippen molar-refractivity contribution in [2.24, 2.45) is 0 Å². The van der Waals surface area contributed by atoms with E-state index in [4.69, 9.17) is 4.98 Å². The third-order valence-electron chi connectivity index (χ3n) is 5.14. The Bertz CT molecular complexity index is 1110. The van der Waals surface area contributed by atoms with E-state index in [2.05, 4.69) is 14.9 Å². The number of hydrogen-bond donors (Lipinski definition) is 1. The third kappa shape index (κ3) is 2.91. The summed E-state index contributed by atoms with van der Waals surface area (Å²) in [5.41, 5.74) is 3.69. The van der Waals surface area contributed by atoms with Gasteiger partial charge in [0.05, 0.1) is 16.6 Å². The summed E-state index contributed by atoms with van der Waals surface area (Å²) < 4.78 is 27.9. The highest BCUT2D eigenvalue weighted by molar-refractivity contribution is 5.91. The predicted octanol–water partition coefficient (Wildman–Crippen LogP) is 5.17. The third-order valence-corrected chi connectivity index (χ3v) is 5.14. The van der Waals surface area contributed by atoms with E-state index < -0.39 is 11.6 Å². The standard InChI is InChI=1S/C22H18F2N4/c23-15-11-14(12-16(24)13-15)17-7-8-25-22(28-9-3-4-10-28)20(17)21-26-18-5-1-2-6-19(18)27-21/h1-2,5-8,11-13H,3-4,9-10H2,(H,26,27). The normalized spacial score (nSPS) is 14.1. The minimum atomic E-state index is -0.606. The second-order valence-corrected chi connectivity index (χ2v) is 7.01. The number of imidazole rings is 1. The SMILES string of the molecule is Fc1cc(F)cc(-c2ccnc(N3CCCC3)c2-c2nc3ccccc3[nH]2)c1. The first-order valence-corrected chi connectivity index (χ1v) is 9.34. The number of fused-ring (bicyclic) bond motifs is 1. The molecule has 4 aromatic rings. The predicted molar refractivity (Wildman–Crippen MR) is 106 cm³/mol. The van der Waals surface area contributed by atoms with Crippen molar-refractivity contribution in [2.45, 2.75) is 12.8 Å². The molecule has 140 valence electrons. The van der Waals surface area contributed by atoms with Gasteiger partial charge in [-0.3, -0.25) is 0 Å². The van der Waals surface area contributed by atoms with Gasteiger partial charge in [-0.25, -0.2) is 18.7 Å². The lowest BCUT2D eigenvalue weighted by atomic mass is 9.99. The average molecular weight is 376 g/mol. The average Bonchev–Trinajstić information content (AvgIpc) is 3.36. The Morgan fingerprint density at radius 3 is 2.43 bits per heavy atom. The summed E-state index contributed by atoms with van der Waals surface area (Å²) in [5, 5.41) is 0. The smallest absolute Gasteiger partial charge is 0.142 e. The molecule has 1 N–H and O–H groups in total. The summed E-state index contributed by atoms with van der Waals surface area (Å²) in [6.07, 6.45) is 3.89. The van der Waals surface area contributed by atoms with Gasteiger partial charge in [-0.2, -0.15) is 0 Å². The second-order valence-electron chi connectivity index (χ2n) is 7.01. The van der Waals surface area contributed by atoms with Crippen molar-refractivity contribution in [3.8, 4) is 22.5 Å². The number of rotatable bonds is 3. The van der Waals surface area contributed by atoms with Crippen LogP contribution in [0.25, 0.3) is 33.5 Å². The highest BCUT2D eigenvalue weighted by atomic mass is 19.1. The summed E-state index contributed by atoms with van der Waals surface area (Å²) in [7, 11) is 0. The summed E-state index contributed by atoms with van der Waals surface area (Å²) in [6, 6.07) is 13.1. The Balaban J connectivity index is 1.78. The number of pyridine rings is 1. The van der Waals surface area contributed by atoms with Gasteiger partial charge in [0.2, 0.25) is 0 Å². The van der Waals surface area contributed by atoms with Crippen molar-refractivity contribution < 1.29 is 8.78 Å². The van der Waals surface area contributed by atoms with Gasteiger partial charge in [0.25, 0.3) is 0 Å². The van der Waals surface area contributed by atoms with Gasteiger partial charge in [-0.15, -0.1) is 0 Å². The summed E-state index contributed by atoms with van der Waals surface area (Å²) in [5.74, 6) is 0.227. The van der Waals surface area contributed by atoms with Crippen LogP contribution >= 0.6 is 0 Å². The summed E-state index contributed by atoms with van der Waals surface area (Å²) in [4.78, 5) is 14.9. The first-order valence-electron chi connectivity index (χ1n) is 9.34. The van der Waals surface area contributed by atoms with Gasteiger partial charge in [-0.05, 0) is 54.3 Å². The highest BCUT2D eigenvalue weighted by Crippen LogP contribution is 2.39. The first kappa shape index (κ1) is 16.9. The molecule has 0 unspecified atom stereocenters. The Morgan fingerprint density at radius 1 is 0.929 bits per heavy atom. The molecule has 4 nitrogen and oxygen atoms in total. The van der Waals surface area contributed by atoms with E-state index in [0.717, 1.165) is 54.4 Å². The van der Waals surface area contributed by atoms with Gasteiger partial charge in [0.15, 0.2) is 0 Å². The molecule has 3 heterocycles. The van der Waals surface area contributed by atoms with Crippen molar-refractivity contribution in [2.75, 3.05) is 18.0 Å².